The van der Waals surface area contributed by atoms with E-state index in [-0.39, 0.29) is 5.41 Å². The highest BCUT2D eigenvalue weighted by Gasteiger charge is 2.64. The third-order valence-corrected chi connectivity index (χ3v) is 8.08. The fraction of sp³-hybridized carbons (Fsp3) is 0.652. The fourth-order valence-corrected chi connectivity index (χ4v) is 6.98. The third kappa shape index (κ3) is 2.15. The topological polar surface area (TPSA) is 40.5 Å². The molecule has 25 heavy (non-hydrogen) atoms. The van der Waals surface area contributed by atoms with Crippen LogP contribution in [-0.4, -0.2) is 15.8 Å². The van der Waals surface area contributed by atoms with Gasteiger partial charge in [-0.25, -0.2) is 0 Å². The second-order valence-corrected chi connectivity index (χ2v) is 9.11. The van der Waals surface area contributed by atoms with E-state index in [1.807, 2.05) is 12.1 Å². The minimum atomic E-state index is -0.963. The summed E-state index contributed by atoms with van der Waals surface area (Å²) in [5.41, 5.74) is 1.62. The molecule has 2 N–H and O–H groups in total. The third-order valence-electron chi connectivity index (χ3n) is 8.08. The van der Waals surface area contributed by atoms with Crippen LogP contribution in [0, 0.1) is 41.4 Å². The Morgan fingerprint density at radius 3 is 2.80 bits per heavy atom. The molecule has 0 spiro atoms. The predicted octanol–water partition coefficient (Wildman–Crippen LogP) is 4.49. The van der Waals surface area contributed by atoms with E-state index >= 15 is 0 Å². The van der Waals surface area contributed by atoms with Crippen LogP contribution in [0.4, 0.5) is 0 Å². The van der Waals surface area contributed by atoms with Gasteiger partial charge in [-0.15, -0.1) is 6.42 Å². The highest BCUT2D eigenvalue weighted by Crippen LogP contribution is 2.67. The number of aliphatic hydroxyl groups is 1. The molecule has 0 aliphatic heterocycles. The maximum atomic E-state index is 11.2. The highest BCUT2D eigenvalue weighted by molar-refractivity contribution is 5.41. The second-order valence-electron chi connectivity index (χ2n) is 9.11. The summed E-state index contributed by atoms with van der Waals surface area (Å²) < 4.78 is 0. The minimum Gasteiger partial charge on any atom is -0.508 e. The van der Waals surface area contributed by atoms with Crippen molar-refractivity contribution in [1.29, 1.82) is 0 Å². The Labute approximate surface area is 151 Å². The SMILES string of the molecule is C#CC1(O)CC(C)C2C3C(CC)Cc4cc(O)ccc4C3CCC21C. The smallest absolute Gasteiger partial charge is 0.131 e. The van der Waals surface area contributed by atoms with Gasteiger partial charge >= 0.3 is 0 Å². The van der Waals surface area contributed by atoms with Crippen LogP contribution >= 0.6 is 0 Å². The molecule has 0 bridgehead atoms. The molecule has 7 atom stereocenters. The molecule has 2 fully saturated rings. The van der Waals surface area contributed by atoms with Crippen LogP contribution in [0.15, 0.2) is 18.2 Å². The van der Waals surface area contributed by atoms with Crippen molar-refractivity contribution in [1.82, 2.24) is 0 Å². The Morgan fingerprint density at radius 1 is 1.36 bits per heavy atom. The molecule has 2 saturated carbocycles. The van der Waals surface area contributed by atoms with Gasteiger partial charge in [0.25, 0.3) is 0 Å². The molecule has 0 amide bonds. The van der Waals surface area contributed by atoms with Crippen molar-refractivity contribution in [3.63, 3.8) is 0 Å². The van der Waals surface area contributed by atoms with Crippen LogP contribution in [0.2, 0.25) is 0 Å². The van der Waals surface area contributed by atoms with Crippen LogP contribution in [0.1, 0.15) is 63.5 Å². The van der Waals surface area contributed by atoms with Gasteiger partial charge in [0.2, 0.25) is 0 Å². The van der Waals surface area contributed by atoms with Gasteiger partial charge in [0.05, 0.1) is 0 Å². The summed E-state index contributed by atoms with van der Waals surface area (Å²) in [5.74, 6) is 5.81. The maximum Gasteiger partial charge on any atom is 0.131 e. The lowest BCUT2D eigenvalue weighted by Gasteiger charge is -2.55. The van der Waals surface area contributed by atoms with Crippen LogP contribution in [0.3, 0.4) is 0 Å². The van der Waals surface area contributed by atoms with E-state index in [4.69, 9.17) is 6.42 Å². The van der Waals surface area contributed by atoms with Crippen LogP contribution < -0.4 is 0 Å². The summed E-state index contributed by atoms with van der Waals surface area (Å²) in [6.45, 7) is 6.82. The lowest BCUT2D eigenvalue weighted by Crippen LogP contribution is -2.52. The number of phenolic OH excluding ortho intramolecular Hbond substituents is 1. The molecule has 1 aromatic rings. The Kier molecular flexibility index (Phi) is 3.75. The Balaban J connectivity index is 1.82. The van der Waals surface area contributed by atoms with Crippen molar-refractivity contribution in [2.45, 2.75) is 64.4 Å². The summed E-state index contributed by atoms with van der Waals surface area (Å²) in [5, 5.41) is 21.2. The van der Waals surface area contributed by atoms with Gasteiger partial charge in [-0.3, -0.25) is 0 Å². The Morgan fingerprint density at radius 2 is 2.12 bits per heavy atom. The van der Waals surface area contributed by atoms with E-state index in [1.165, 1.54) is 11.1 Å². The molecule has 1 aromatic carbocycles. The number of hydrogen-bond acceptors (Lipinski definition) is 2. The summed E-state index contributed by atoms with van der Waals surface area (Å²) in [6, 6.07) is 5.95. The number of hydrogen-bond donors (Lipinski definition) is 2. The van der Waals surface area contributed by atoms with Gasteiger partial charge < -0.3 is 10.2 Å². The Hall–Kier alpha value is -1.46. The first-order valence-electron chi connectivity index (χ1n) is 9.86. The first kappa shape index (κ1) is 17.0. The van der Waals surface area contributed by atoms with E-state index in [1.54, 1.807) is 0 Å². The molecule has 2 nitrogen and oxygen atoms in total. The zero-order valence-electron chi connectivity index (χ0n) is 15.6. The number of fused-ring (bicyclic) bond motifs is 5. The maximum absolute atomic E-state index is 11.2. The van der Waals surface area contributed by atoms with Gasteiger partial charge in [0.1, 0.15) is 11.4 Å². The van der Waals surface area contributed by atoms with Gasteiger partial charge in [-0.05, 0) is 78.5 Å². The molecule has 4 rings (SSSR count). The Bertz CT molecular complexity index is 732. The number of aromatic hydroxyl groups is 1. The van der Waals surface area contributed by atoms with Crippen LogP contribution in [0.25, 0.3) is 0 Å². The van der Waals surface area contributed by atoms with Gasteiger partial charge in [-0.1, -0.05) is 39.2 Å². The standard InChI is InChI=1S/C23H30O2/c1-5-15-11-16-12-17(24)7-8-18(16)19-9-10-22(4)21(20(15)19)14(3)13-23(22,25)6-2/h2,7-8,12,14-15,19-21,24-25H,5,9-11,13H2,1,3-4H3. The lowest BCUT2D eigenvalue weighted by atomic mass is 9.49. The largest absolute Gasteiger partial charge is 0.508 e. The van der Waals surface area contributed by atoms with Gasteiger partial charge in [0, 0.05) is 5.41 Å². The molecule has 0 radical (unpaired) electrons. The summed E-state index contributed by atoms with van der Waals surface area (Å²) in [4.78, 5) is 0. The van der Waals surface area contributed by atoms with Crippen LogP contribution in [-0.2, 0) is 6.42 Å². The van der Waals surface area contributed by atoms with Crippen molar-refractivity contribution in [3.8, 4) is 18.1 Å². The predicted molar refractivity (Wildman–Crippen MR) is 100 cm³/mol. The molecular weight excluding hydrogens is 308 g/mol. The van der Waals surface area contributed by atoms with Gasteiger partial charge in [0.15, 0.2) is 0 Å². The molecule has 0 heterocycles. The molecule has 3 aliphatic carbocycles. The van der Waals surface area contributed by atoms with Crippen molar-refractivity contribution in [2.24, 2.45) is 29.1 Å². The van der Waals surface area contributed by atoms with Crippen molar-refractivity contribution in [2.75, 3.05) is 0 Å². The minimum absolute atomic E-state index is 0.176. The van der Waals surface area contributed by atoms with E-state index in [2.05, 4.69) is 32.8 Å². The molecular formula is C23H30O2. The van der Waals surface area contributed by atoms with E-state index in [0.717, 1.165) is 32.1 Å². The van der Waals surface area contributed by atoms with E-state index in [9.17, 15) is 10.2 Å². The average Bonchev–Trinajstić information content (AvgIpc) is 2.80. The molecule has 134 valence electrons. The number of rotatable bonds is 1. The lowest BCUT2D eigenvalue weighted by molar-refractivity contribution is -0.0789. The molecule has 2 heteroatoms. The zero-order chi connectivity index (χ0) is 18.0. The average molecular weight is 338 g/mol. The van der Waals surface area contributed by atoms with Crippen molar-refractivity contribution >= 4 is 0 Å². The summed E-state index contributed by atoms with van der Waals surface area (Å²) in [6.07, 6.45) is 10.8. The van der Waals surface area contributed by atoms with E-state index < -0.39 is 5.60 Å². The number of phenols is 1. The monoisotopic (exact) mass is 338 g/mol. The normalized spacial score (nSPS) is 45.2. The van der Waals surface area contributed by atoms with Gasteiger partial charge in [-0.2, -0.15) is 0 Å². The van der Waals surface area contributed by atoms with Crippen LogP contribution in [0.5, 0.6) is 5.75 Å². The highest BCUT2D eigenvalue weighted by atomic mass is 16.3. The molecule has 0 saturated heterocycles. The first-order valence-corrected chi connectivity index (χ1v) is 9.86. The molecule has 0 aromatic heterocycles. The summed E-state index contributed by atoms with van der Waals surface area (Å²) >= 11 is 0. The zero-order valence-corrected chi connectivity index (χ0v) is 15.6. The van der Waals surface area contributed by atoms with Crippen molar-refractivity contribution < 1.29 is 10.2 Å². The number of terminal acetylenes is 1. The number of benzene rings is 1. The van der Waals surface area contributed by atoms with E-state index in [0.29, 0.717) is 35.3 Å². The molecule has 3 aliphatic rings. The quantitative estimate of drug-likeness (QED) is 0.741. The summed E-state index contributed by atoms with van der Waals surface area (Å²) in [7, 11) is 0. The first-order chi connectivity index (χ1) is 11.8. The second kappa shape index (κ2) is 5.52. The fourth-order valence-electron chi connectivity index (χ4n) is 6.98. The molecule has 7 unspecified atom stereocenters. The van der Waals surface area contributed by atoms with Crippen molar-refractivity contribution in [3.05, 3.63) is 29.3 Å².